The van der Waals surface area contributed by atoms with Crippen LogP contribution in [0.3, 0.4) is 0 Å². The van der Waals surface area contributed by atoms with Crippen molar-refractivity contribution >= 4 is 45.1 Å². The van der Waals surface area contributed by atoms with Crippen molar-refractivity contribution in [1.29, 1.82) is 0 Å². The average molecular weight is 355 g/mol. The Bertz CT molecular complexity index is 634. The van der Waals surface area contributed by atoms with Crippen LogP contribution < -0.4 is 4.72 Å². The summed E-state index contributed by atoms with van der Waals surface area (Å²) in [6.45, 7) is 0.106. The van der Waals surface area contributed by atoms with Crippen LogP contribution in [0.1, 0.15) is 19.3 Å². The van der Waals surface area contributed by atoms with Crippen LogP contribution >= 0.6 is 23.2 Å². The van der Waals surface area contributed by atoms with Crippen LogP contribution in [0.4, 0.5) is 5.69 Å². The predicted octanol–water partition coefficient (Wildman–Crippen LogP) is 1.38. The van der Waals surface area contributed by atoms with Gasteiger partial charge < -0.3 is 5.11 Å². The van der Waals surface area contributed by atoms with Crippen LogP contribution in [0, 0.1) is 0 Å². The first-order chi connectivity index (χ1) is 9.83. The standard InChI is InChI=1S/C10H12Cl2N4O4S/c11-8-7(9(12)14-5-13-8)15-21(19,20)16-4-2-1-3-6(16)10(17)18/h5-6,15H,1-4H2,(H,17,18). The smallest absolute Gasteiger partial charge is 0.322 e. The second-order valence-corrected chi connectivity index (χ2v) is 6.74. The highest BCUT2D eigenvalue weighted by molar-refractivity contribution is 7.90. The number of halogens is 2. The summed E-state index contributed by atoms with van der Waals surface area (Å²) >= 11 is 11.6. The highest BCUT2D eigenvalue weighted by atomic mass is 35.5. The monoisotopic (exact) mass is 354 g/mol. The number of hydrogen-bond donors (Lipinski definition) is 2. The molecule has 1 unspecified atom stereocenters. The fourth-order valence-corrected chi connectivity index (χ4v) is 4.05. The van der Waals surface area contributed by atoms with E-state index in [2.05, 4.69) is 14.7 Å². The van der Waals surface area contributed by atoms with Gasteiger partial charge >= 0.3 is 16.2 Å². The number of carbonyl (C=O) groups is 1. The van der Waals surface area contributed by atoms with Crippen LogP contribution in [-0.2, 0) is 15.0 Å². The van der Waals surface area contributed by atoms with Crippen LogP contribution in [-0.4, -0.2) is 46.4 Å². The van der Waals surface area contributed by atoms with Crippen LogP contribution in [0.2, 0.25) is 10.3 Å². The van der Waals surface area contributed by atoms with Crippen molar-refractivity contribution in [3.05, 3.63) is 16.6 Å². The lowest BCUT2D eigenvalue weighted by Crippen LogP contribution is -2.50. The molecular weight excluding hydrogens is 343 g/mol. The molecule has 1 atom stereocenters. The molecule has 11 heteroatoms. The van der Waals surface area contributed by atoms with Gasteiger partial charge in [-0.2, -0.15) is 12.7 Å². The highest BCUT2D eigenvalue weighted by Gasteiger charge is 2.37. The first kappa shape index (κ1) is 16.2. The number of nitrogens with one attached hydrogen (secondary N) is 1. The molecule has 0 radical (unpaired) electrons. The van der Waals surface area contributed by atoms with Crippen molar-refractivity contribution in [3.8, 4) is 0 Å². The van der Waals surface area contributed by atoms with Gasteiger partial charge in [-0.1, -0.05) is 23.2 Å². The molecule has 1 aromatic heterocycles. The van der Waals surface area contributed by atoms with E-state index in [4.69, 9.17) is 28.3 Å². The highest BCUT2D eigenvalue weighted by Crippen LogP contribution is 2.29. The molecule has 2 N–H and O–H groups in total. The van der Waals surface area contributed by atoms with Gasteiger partial charge in [-0.05, 0) is 19.3 Å². The Morgan fingerprint density at radius 3 is 2.52 bits per heavy atom. The number of nitrogens with zero attached hydrogens (tertiary/aromatic N) is 3. The first-order valence-electron chi connectivity index (χ1n) is 6.01. The Balaban J connectivity index is 2.31. The van der Waals surface area contributed by atoms with E-state index in [0.29, 0.717) is 12.8 Å². The summed E-state index contributed by atoms with van der Waals surface area (Å²) in [5.74, 6) is -1.19. The lowest BCUT2D eigenvalue weighted by Gasteiger charge is -2.31. The van der Waals surface area contributed by atoms with Crippen LogP contribution in [0.5, 0.6) is 0 Å². The number of aliphatic carboxylic acids is 1. The fraction of sp³-hybridized carbons (Fsp3) is 0.500. The average Bonchev–Trinajstić information content (AvgIpc) is 2.43. The van der Waals surface area contributed by atoms with Crippen molar-refractivity contribution in [2.75, 3.05) is 11.3 Å². The maximum atomic E-state index is 12.4. The van der Waals surface area contributed by atoms with Crippen LogP contribution in [0.15, 0.2) is 6.33 Å². The molecule has 0 aromatic carbocycles. The molecular formula is C10H12Cl2N4O4S. The van der Waals surface area contributed by atoms with Gasteiger partial charge in [-0.3, -0.25) is 9.52 Å². The predicted molar refractivity (Wildman–Crippen MR) is 76.6 cm³/mol. The maximum absolute atomic E-state index is 12.4. The number of carboxylic acid groups (broad SMARTS) is 1. The molecule has 0 aliphatic carbocycles. The molecule has 1 aliphatic heterocycles. The van der Waals surface area contributed by atoms with E-state index < -0.39 is 22.2 Å². The third kappa shape index (κ3) is 3.54. The number of aromatic nitrogens is 2. The normalized spacial score (nSPS) is 20.2. The van der Waals surface area contributed by atoms with E-state index in [9.17, 15) is 13.2 Å². The number of hydrogen-bond acceptors (Lipinski definition) is 5. The first-order valence-corrected chi connectivity index (χ1v) is 8.21. The molecule has 1 fully saturated rings. The summed E-state index contributed by atoms with van der Waals surface area (Å²) in [6, 6.07) is -1.11. The molecule has 0 amide bonds. The molecule has 0 bridgehead atoms. The van der Waals surface area contributed by atoms with E-state index in [1.807, 2.05) is 0 Å². The number of carboxylic acids is 1. The van der Waals surface area contributed by atoms with Crippen molar-refractivity contribution in [1.82, 2.24) is 14.3 Å². The Labute approximate surface area is 131 Å². The Morgan fingerprint density at radius 1 is 1.33 bits per heavy atom. The third-order valence-corrected chi connectivity index (χ3v) is 5.12. The molecule has 0 spiro atoms. The van der Waals surface area contributed by atoms with Crippen molar-refractivity contribution in [2.45, 2.75) is 25.3 Å². The van der Waals surface area contributed by atoms with E-state index in [1.165, 1.54) is 0 Å². The van der Waals surface area contributed by atoms with Crippen molar-refractivity contribution in [2.24, 2.45) is 0 Å². The molecule has 116 valence electrons. The van der Waals surface area contributed by atoms with E-state index in [1.54, 1.807) is 0 Å². The quantitative estimate of drug-likeness (QED) is 0.789. The molecule has 1 aliphatic rings. The van der Waals surface area contributed by atoms with Gasteiger partial charge in [0.2, 0.25) is 0 Å². The van der Waals surface area contributed by atoms with Gasteiger partial charge in [0.25, 0.3) is 0 Å². The zero-order chi connectivity index (χ0) is 15.6. The van der Waals surface area contributed by atoms with Gasteiger partial charge in [0, 0.05) is 6.54 Å². The Hall–Kier alpha value is -1.16. The summed E-state index contributed by atoms with van der Waals surface area (Å²) < 4.78 is 27.7. The summed E-state index contributed by atoms with van der Waals surface area (Å²) in [6.07, 6.45) is 2.57. The number of rotatable bonds is 4. The summed E-state index contributed by atoms with van der Waals surface area (Å²) in [4.78, 5) is 18.5. The lowest BCUT2D eigenvalue weighted by atomic mass is 10.1. The summed E-state index contributed by atoms with van der Waals surface area (Å²) in [7, 11) is -4.12. The largest absolute Gasteiger partial charge is 0.480 e. The van der Waals surface area contributed by atoms with E-state index >= 15 is 0 Å². The van der Waals surface area contributed by atoms with E-state index in [-0.39, 0.29) is 29.0 Å². The third-order valence-electron chi connectivity index (χ3n) is 3.03. The Kier molecular flexibility index (Phi) is 4.87. The minimum absolute atomic E-state index is 0.106. The van der Waals surface area contributed by atoms with Gasteiger partial charge in [0.1, 0.15) is 18.1 Å². The zero-order valence-electron chi connectivity index (χ0n) is 10.7. The van der Waals surface area contributed by atoms with Gasteiger partial charge in [0.15, 0.2) is 10.3 Å². The van der Waals surface area contributed by atoms with E-state index in [0.717, 1.165) is 10.6 Å². The second kappa shape index (κ2) is 6.30. The number of piperidine rings is 1. The molecule has 0 saturated carbocycles. The van der Waals surface area contributed by atoms with Gasteiger partial charge in [-0.25, -0.2) is 9.97 Å². The fourth-order valence-electron chi connectivity index (χ4n) is 2.06. The Morgan fingerprint density at radius 2 is 1.95 bits per heavy atom. The summed E-state index contributed by atoms with van der Waals surface area (Å²) in [5, 5.41) is 8.81. The van der Waals surface area contributed by atoms with Crippen LogP contribution in [0.25, 0.3) is 0 Å². The molecule has 2 rings (SSSR count). The topological polar surface area (TPSA) is 112 Å². The minimum Gasteiger partial charge on any atom is -0.480 e. The van der Waals surface area contributed by atoms with Gasteiger partial charge in [0.05, 0.1) is 0 Å². The molecule has 8 nitrogen and oxygen atoms in total. The van der Waals surface area contributed by atoms with Crippen molar-refractivity contribution < 1.29 is 18.3 Å². The number of anilines is 1. The van der Waals surface area contributed by atoms with Crippen molar-refractivity contribution in [3.63, 3.8) is 0 Å². The summed E-state index contributed by atoms with van der Waals surface area (Å²) in [5.41, 5.74) is -0.171. The SMILES string of the molecule is O=C(O)C1CCCCN1S(=O)(=O)Nc1c(Cl)ncnc1Cl. The molecule has 1 saturated heterocycles. The zero-order valence-corrected chi connectivity index (χ0v) is 13.0. The molecule has 21 heavy (non-hydrogen) atoms. The minimum atomic E-state index is -4.12. The van der Waals surface area contributed by atoms with Gasteiger partial charge in [-0.15, -0.1) is 0 Å². The lowest BCUT2D eigenvalue weighted by molar-refractivity contribution is -0.142. The molecule has 2 heterocycles. The maximum Gasteiger partial charge on any atom is 0.322 e. The molecule has 1 aromatic rings. The second-order valence-electron chi connectivity index (χ2n) is 4.40.